The molecule has 4 aliphatic rings. The van der Waals surface area contributed by atoms with Gasteiger partial charge in [-0.05, 0) is 56.6 Å². The Labute approximate surface area is 197 Å². The second-order valence-electron chi connectivity index (χ2n) is 10.5. The molecule has 4 aliphatic carbocycles. The van der Waals surface area contributed by atoms with Crippen LogP contribution in [0.4, 0.5) is 17.5 Å². The fourth-order valence-electron chi connectivity index (χ4n) is 6.78. The molecule has 174 valence electrons. The number of fused-ring (bicyclic) bond motifs is 1. The molecule has 0 saturated heterocycles. The van der Waals surface area contributed by atoms with E-state index in [4.69, 9.17) is 9.97 Å². The second kappa shape index (κ2) is 7.02. The SMILES string of the molecule is Cc1cc(Nc2cc3nc(-c4cnn(C)c4)ccc3c(NC3C4CC5CC3C(O)(C5)C4)n2)n[nH]1. The number of nitrogens with one attached hydrogen (secondary N) is 3. The lowest BCUT2D eigenvalue weighted by Gasteiger charge is -2.32. The van der Waals surface area contributed by atoms with Gasteiger partial charge < -0.3 is 15.7 Å². The summed E-state index contributed by atoms with van der Waals surface area (Å²) in [6, 6.07) is 8.26. The molecule has 4 heterocycles. The molecular formula is C25H28N8O. The van der Waals surface area contributed by atoms with E-state index >= 15 is 0 Å². The van der Waals surface area contributed by atoms with Gasteiger partial charge in [-0.15, -0.1) is 0 Å². The highest BCUT2D eigenvalue weighted by Crippen LogP contribution is 2.61. The molecule has 5 unspecified atom stereocenters. The Morgan fingerprint density at radius 2 is 2.06 bits per heavy atom. The normalized spacial score (nSPS) is 29.3. The van der Waals surface area contributed by atoms with Gasteiger partial charge in [-0.25, -0.2) is 9.97 Å². The molecule has 9 heteroatoms. The molecule has 34 heavy (non-hydrogen) atoms. The predicted molar refractivity (Wildman–Crippen MR) is 130 cm³/mol. The predicted octanol–water partition coefficient (Wildman–Crippen LogP) is 3.77. The number of rotatable bonds is 5. The van der Waals surface area contributed by atoms with Crippen LogP contribution in [-0.2, 0) is 7.05 Å². The lowest BCUT2D eigenvalue weighted by Crippen LogP contribution is -2.37. The van der Waals surface area contributed by atoms with Gasteiger partial charge in [0.1, 0.15) is 11.6 Å². The van der Waals surface area contributed by atoms with E-state index in [1.807, 2.05) is 44.6 Å². The maximum absolute atomic E-state index is 11.2. The first kappa shape index (κ1) is 20.0. The first-order valence-electron chi connectivity index (χ1n) is 12.0. The molecule has 0 amide bonds. The van der Waals surface area contributed by atoms with E-state index in [1.165, 1.54) is 6.42 Å². The molecule has 8 rings (SSSR count). The lowest BCUT2D eigenvalue weighted by molar-refractivity contribution is 0.00989. The smallest absolute Gasteiger partial charge is 0.153 e. The van der Waals surface area contributed by atoms with Crippen molar-refractivity contribution in [2.45, 2.75) is 44.2 Å². The van der Waals surface area contributed by atoms with Crippen LogP contribution in [0.1, 0.15) is 31.4 Å². The van der Waals surface area contributed by atoms with Crippen molar-refractivity contribution in [2.75, 3.05) is 10.6 Å². The Morgan fingerprint density at radius 1 is 1.15 bits per heavy atom. The van der Waals surface area contributed by atoms with Crippen LogP contribution in [0.3, 0.4) is 0 Å². The second-order valence-corrected chi connectivity index (χ2v) is 10.5. The molecule has 4 aromatic rings. The summed E-state index contributed by atoms with van der Waals surface area (Å²) in [5, 5.41) is 30.8. The van der Waals surface area contributed by atoms with Gasteiger partial charge in [0.2, 0.25) is 0 Å². The van der Waals surface area contributed by atoms with E-state index < -0.39 is 5.60 Å². The standard InChI is InChI=1S/C25H28N8O/c1-13-5-22(32-31-13)28-21-8-20-17(3-4-19(27-20)16-11-26-33(2)12-16)24(29-21)30-23-15-6-14-7-18(23)25(34,9-14)10-15/h3-5,8,11-12,14-15,18,23,34H,6-7,9-10H2,1-2H3,(H3,28,29,30,31,32). The first-order chi connectivity index (χ1) is 16.4. The fraction of sp³-hybridized carbons (Fsp3) is 0.440. The lowest BCUT2D eigenvalue weighted by atomic mass is 9.79. The third-order valence-electron chi connectivity index (χ3n) is 8.06. The van der Waals surface area contributed by atoms with Crippen molar-refractivity contribution in [3.05, 3.63) is 42.4 Å². The Hall–Kier alpha value is -3.46. The molecule has 0 aliphatic heterocycles. The number of anilines is 3. The summed E-state index contributed by atoms with van der Waals surface area (Å²) < 4.78 is 1.78. The summed E-state index contributed by atoms with van der Waals surface area (Å²) >= 11 is 0. The van der Waals surface area contributed by atoms with Crippen molar-refractivity contribution in [2.24, 2.45) is 24.8 Å². The monoisotopic (exact) mass is 456 g/mol. The van der Waals surface area contributed by atoms with Crippen molar-refractivity contribution in [1.82, 2.24) is 29.9 Å². The minimum absolute atomic E-state index is 0.236. The van der Waals surface area contributed by atoms with Gasteiger partial charge in [0, 0.05) is 54.0 Å². The Morgan fingerprint density at radius 3 is 2.82 bits per heavy atom. The van der Waals surface area contributed by atoms with Crippen molar-refractivity contribution in [3.8, 4) is 11.3 Å². The number of aromatic nitrogens is 6. The Kier molecular flexibility index (Phi) is 4.12. The van der Waals surface area contributed by atoms with Crippen LogP contribution in [0.15, 0.2) is 36.7 Å². The average molecular weight is 457 g/mol. The van der Waals surface area contributed by atoms with Crippen molar-refractivity contribution in [1.29, 1.82) is 0 Å². The number of aliphatic hydroxyl groups is 1. The van der Waals surface area contributed by atoms with Crippen molar-refractivity contribution in [3.63, 3.8) is 0 Å². The van der Waals surface area contributed by atoms with E-state index in [2.05, 4.69) is 32.0 Å². The van der Waals surface area contributed by atoms with E-state index in [9.17, 15) is 5.11 Å². The molecule has 0 aromatic carbocycles. The van der Waals surface area contributed by atoms with Gasteiger partial charge >= 0.3 is 0 Å². The van der Waals surface area contributed by atoms with Crippen LogP contribution in [0.5, 0.6) is 0 Å². The number of hydrogen-bond donors (Lipinski definition) is 4. The van der Waals surface area contributed by atoms with Crippen LogP contribution >= 0.6 is 0 Å². The maximum Gasteiger partial charge on any atom is 0.153 e. The van der Waals surface area contributed by atoms with Gasteiger partial charge in [0.15, 0.2) is 5.82 Å². The summed E-state index contributed by atoms with van der Waals surface area (Å²) in [6.45, 7) is 1.97. The van der Waals surface area contributed by atoms with Crippen LogP contribution in [0.2, 0.25) is 0 Å². The van der Waals surface area contributed by atoms with Gasteiger partial charge in [0.05, 0.1) is 23.0 Å². The molecule has 4 aromatic heterocycles. The summed E-state index contributed by atoms with van der Waals surface area (Å²) in [5.74, 6) is 3.67. The Balaban J connectivity index is 1.30. The minimum atomic E-state index is -0.505. The number of aryl methyl sites for hydroxylation is 2. The summed E-state index contributed by atoms with van der Waals surface area (Å²) in [7, 11) is 1.90. The number of hydrogen-bond acceptors (Lipinski definition) is 7. The molecule has 0 spiro atoms. The van der Waals surface area contributed by atoms with Crippen LogP contribution < -0.4 is 10.6 Å². The summed E-state index contributed by atoms with van der Waals surface area (Å²) in [5.41, 5.74) is 3.16. The highest BCUT2D eigenvalue weighted by molar-refractivity contribution is 5.93. The summed E-state index contributed by atoms with van der Waals surface area (Å²) in [4.78, 5) is 9.91. The molecular weight excluding hydrogens is 428 g/mol. The van der Waals surface area contributed by atoms with Gasteiger partial charge in [-0.2, -0.15) is 10.2 Å². The van der Waals surface area contributed by atoms with Crippen molar-refractivity contribution < 1.29 is 5.11 Å². The van der Waals surface area contributed by atoms with Crippen LogP contribution in [0, 0.1) is 24.7 Å². The number of H-pyrrole nitrogens is 1. The fourth-order valence-corrected chi connectivity index (χ4v) is 6.78. The minimum Gasteiger partial charge on any atom is -0.389 e. The maximum atomic E-state index is 11.2. The zero-order chi connectivity index (χ0) is 23.0. The average Bonchev–Trinajstić information content (AvgIpc) is 3.51. The molecule has 4 saturated carbocycles. The third kappa shape index (κ3) is 3.10. The van der Waals surface area contributed by atoms with Crippen molar-refractivity contribution >= 4 is 28.4 Å². The molecule has 4 bridgehead atoms. The molecule has 4 N–H and O–H groups in total. The Bertz CT molecular complexity index is 1410. The van der Waals surface area contributed by atoms with E-state index in [0.29, 0.717) is 29.4 Å². The molecule has 9 nitrogen and oxygen atoms in total. The van der Waals surface area contributed by atoms with Gasteiger partial charge in [0.25, 0.3) is 0 Å². The number of nitrogens with zero attached hydrogens (tertiary/aromatic N) is 5. The van der Waals surface area contributed by atoms with Gasteiger partial charge in [-0.3, -0.25) is 9.78 Å². The van der Waals surface area contributed by atoms with E-state index in [-0.39, 0.29) is 6.04 Å². The highest BCUT2D eigenvalue weighted by atomic mass is 16.3. The van der Waals surface area contributed by atoms with Crippen LogP contribution in [0.25, 0.3) is 22.2 Å². The molecule has 5 atom stereocenters. The quantitative estimate of drug-likeness (QED) is 0.361. The van der Waals surface area contributed by atoms with E-state index in [1.54, 1.807) is 4.68 Å². The molecule has 4 fully saturated rings. The van der Waals surface area contributed by atoms with Crippen LogP contribution in [-0.4, -0.2) is 46.7 Å². The summed E-state index contributed by atoms with van der Waals surface area (Å²) in [6.07, 6.45) is 7.95. The zero-order valence-corrected chi connectivity index (χ0v) is 19.3. The van der Waals surface area contributed by atoms with E-state index in [0.717, 1.165) is 52.9 Å². The third-order valence-corrected chi connectivity index (χ3v) is 8.06. The highest BCUT2D eigenvalue weighted by Gasteiger charge is 2.62. The van der Waals surface area contributed by atoms with Gasteiger partial charge in [-0.1, -0.05) is 0 Å². The largest absolute Gasteiger partial charge is 0.389 e. The zero-order valence-electron chi connectivity index (χ0n) is 19.3. The number of aromatic amines is 1. The number of pyridine rings is 2. The molecule has 0 radical (unpaired) electrons. The first-order valence-corrected chi connectivity index (χ1v) is 12.0. The topological polar surface area (TPSA) is 117 Å².